The first-order chi connectivity index (χ1) is 8.55. The van der Waals surface area contributed by atoms with Crippen LogP contribution in [0.2, 0.25) is 0 Å². The lowest BCUT2D eigenvalue weighted by Crippen LogP contribution is -2.33. The Balaban J connectivity index is 1.57. The van der Waals surface area contributed by atoms with Gasteiger partial charge < -0.3 is 10.2 Å². The Kier molecular flexibility index (Phi) is 4.79. The van der Waals surface area contributed by atoms with E-state index in [1.54, 1.807) is 0 Å². The standard InChI is InChI=1S/C15H26O3/c16-14-6-4-12(5-7-14)2-1-3-13-8-10-15(17,18)11-9-13/h12-13,17-18H,1-11H2. The molecule has 0 spiro atoms. The Bertz CT molecular complexity index is 265. The molecule has 3 heteroatoms. The van der Waals surface area contributed by atoms with Crippen LogP contribution < -0.4 is 0 Å². The minimum atomic E-state index is -1.39. The van der Waals surface area contributed by atoms with E-state index in [-0.39, 0.29) is 0 Å². The number of Topliss-reactive ketones (excluding diaryl/α,β-unsaturated/α-hetero) is 1. The first kappa shape index (κ1) is 14.0. The number of hydrogen-bond acceptors (Lipinski definition) is 3. The van der Waals surface area contributed by atoms with Crippen molar-refractivity contribution >= 4 is 5.78 Å². The van der Waals surface area contributed by atoms with Crippen molar-refractivity contribution in [3.8, 4) is 0 Å². The second-order valence-electron chi connectivity index (χ2n) is 6.34. The van der Waals surface area contributed by atoms with E-state index in [9.17, 15) is 15.0 Å². The molecule has 3 nitrogen and oxygen atoms in total. The van der Waals surface area contributed by atoms with Gasteiger partial charge in [-0.25, -0.2) is 0 Å². The molecule has 0 unspecified atom stereocenters. The summed E-state index contributed by atoms with van der Waals surface area (Å²) >= 11 is 0. The summed E-state index contributed by atoms with van der Waals surface area (Å²) in [6, 6.07) is 0. The van der Waals surface area contributed by atoms with Gasteiger partial charge >= 0.3 is 0 Å². The highest BCUT2D eigenvalue weighted by atomic mass is 16.5. The molecule has 2 fully saturated rings. The number of rotatable bonds is 4. The van der Waals surface area contributed by atoms with Gasteiger partial charge in [-0.3, -0.25) is 4.79 Å². The van der Waals surface area contributed by atoms with E-state index >= 15 is 0 Å². The highest BCUT2D eigenvalue weighted by Crippen LogP contribution is 2.34. The first-order valence-electron chi connectivity index (χ1n) is 7.52. The molecule has 2 N–H and O–H groups in total. The molecule has 2 rings (SSSR count). The lowest BCUT2D eigenvalue weighted by molar-refractivity contribution is -0.186. The summed E-state index contributed by atoms with van der Waals surface area (Å²) in [5.74, 6) is 0.504. The fraction of sp³-hybridized carbons (Fsp3) is 0.933. The highest BCUT2D eigenvalue weighted by molar-refractivity contribution is 5.78. The van der Waals surface area contributed by atoms with Gasteiger partial charge in [0.1, 0.15) is 5.78 Å². The predicted molar refractivity (Wildman–Crippen MR) is 69.9 cm³/mol. The van der Waals surface area contributed by atoms with Gasteiger partial charge in [0.15, 0.2) is 5.79 Å². The Morgan fingerprint density at radius 1 is 0.944 bits per heavy atom. The molecular weight excluding hydrogens is 228 g/mol. The van der Waals surface area contributed by atoms with Crippen molar-refractivity contribution in [2.24, 2.45) is 11.8 Å². The Labute approximate surface area is 110 Å². The molecule has 0 aromatic heterocycles. The smallest absolute Gasteiger partial charge is 0.162 e. The largest absolute Gasteiger partial charge is 0.366 e. The van der Waals surface area contributed by atoms with Crippen LogP contribution in [0.5, 0.6) is 0 Å². The second-order valence-corrected chi connectivity index (χ2v) is 6.34. The number of aliphatic hydroxyl groups is 2. The molecule has 0 aliphatic heterocycles. The third-order valence-corrected chi connectivity index (χ3v) is 4.79. The molecule has 2 aliphatic carbocycles. The molecule has 0 aromatic carbocycles. The van der Waals surface area contributed by atoms with Gasteiger partial charge in [-0.2, -0.15) is 0 Å². The predicted octanol–water partition coefficient (Wildman–Crippen LogP) is 2.79. The van der Waals surface area contributed by atoms with Crippen LogP contribution in [-0.2, 0) is 4.79 Å². The van der Waals surface area contributed by atoms with Gasteiger partial charge in [0.05, 0.1) is 0 Å². The third-order valence-electron chi connectivity index (χ3n) is 4.79. The van der Waals surface area contributed by atoms with Crippen molar-refractivity contribution < 1.29 is 15.0 Å². The zero-order chi connectivity index (χ0) is 13.0. The number of carbonyl (C=O) groups is 1. The van der Waals surface area contributed by atoms with Crippen molar-refractivity contribution in [3.63, 3.8) is 0 Å². The number of carbonyl (C=O) groups excluding carboxylic acids is 1. The molecule has 0 radical (unpaired) electrons. The van der Waals surface area contributed by atoms with Gasteiger partial charge in [-0.15, -0.1) is 0 Å². The van der Waals surface area contributed by atoms with Crippen LogP contribution in [0.3, 0.4) is 0 Å². The van der Waals surface area contributed by atoms with Gasteiger partial charge in [0, 0.05) is 25.7 Å². The summed E-state index contributed by atoms with van der Waals surface area (Å²) in [7, 11) is 0. The molecule has 2 saturated carbocycles. The lowest BCUT2D eigenvalue weighted by atomic mass is 9.80. The average Bonchev–Trinajstić information content (AvgIpc) is 2.34. The van der Waals surface area contributed by atoms with Crippen molar-refractivity contribution in [3.05, 3.63) is 0 Å². The Hall–Kier alpha value is -0.410. The minimum Gasteiger partial charge on any atom is -0.366 e. The van der Waals surface area contributed by atoms with E-state index in [1.807, 2.05) is 0 Å². The zero-order valence-corrected chi connectivity index (χ0v) is 11.2. The first-order valence-corrected chi connectivity index (χ1v) is 7.52. The normalized spacial score (nSPS) is 26.4. The topological polar surface area (TPSA) is 57.5 Å². The van der Waals surface area contributed by atoms with Crippen LogP contribution in [0.15, 0.2) is 0 Å². The molecule has 0 atom stereocenters. The van der Waals surface area contributed by atoms with E-state index < -0.39 is 5.79 Å². The van der Waals surface area contributed by atoms with Crippen LogP contribution in [0, 0.1) is 11.8 Å². The minimum absolute atomic E-state index is 0.445. The monoisotopic (exact) mass is 254 g/mol. The van der Waals surface area contributed by atoms with E-state index in [4.69, 9.17) is 0 Å². The molecule has 2 aliphatic rings. The van der Waals surface area contributed by atoms with Gasteiger partial charge in [-0.05, 0) is 37.5 Å². The van der Waals surface area contributed by atoms with Crippen LogP contribution in [0.25, 0.3) is 0 Å². The van der Waals surface area contributed by atoms with Gasteiger partial charge in [0.25, 0.3) is 0 Å². The van der Waals surface area contributed by atoms with Crippen LogP contribution in [0.4, 0.5) is 0 Å². The fourth-order valence-electron chi connectivity index (χ4n) is 3.41. The second kappa shape index (κ2) is 6.16. The van der Waals surface area contributed by atoms with Crippen LogP contribution >= 0.6 is 0 Å². The average molecular weight is 254 g/mol. The maximum atomic E-state index is 11.1. The van der Waals surface area contributed by atoms with E-state index in [0.29, 0.717) is 24.5 Å². The SMILES string of the molecule is O=C1CCC(CCCC2CCC(O)(O)CC2)CC1. The fourth-order valence-corrected chi connectivity index (χ4v) is 3.41. The number of ketones is 1. The highest BCUT2D eigenvalue weighted by Gasteiger charge is 2.30. The van der Waals surface area contributed by atoms with Crippen molar-refractivity contribution in [1.82, 2.24) is 0 Å². The molecule has 0 saturated heterocycles. The van der Waals surface area contributed by atoms with Crippen LogP contribution in [-0.4, -0.2) is 21.8 Å². The molecule has 104 valence electrons. The van der Waals surface area contributed by atoms with E-state index in [2.05, 4.69) is 0 Å². The molecule has 0 aromatic rings. The molecule has 0 amide bonds. The quantitative estimate of drug-likeness (QED) is 0.758. The van der Waals surface area contributed by atoms with Crippen molar-refractivity contribution in [1.29, 1.82) is 0 Å². The van der Waals surface area contributed by atoms with Crippen molar-refractivity contribution in [2.75, 3.05) is 0 Å². The lowest BCUT2D eigenvalue weighted by Gasteiger charge is -2.32. The van der Waals surface area contributed by atoms with Gasteiger partial charge in [-0.1, -0.05) is 19.3 Å². The summed E-state index contributed by atoms with van der Waals surface area (Å²) in [4.78, 5) is 11.1. The molecular formula is C15H26O3. The summed E-state index contributed by atoms with van der Waals surface area (Å²) < 4.78 is 0. The summed E-state index contributed by atoms with van der Waals surface area (Å²) in [5.41, 5.74) is 0. The molecule has 0 bridgehead atoms. The van der Waals surface area contributed by atoms with Gasteiger partial charge in [0.2, 0.25) is 0 Å². The van der Waals surface area contributed by atoms with E-state index in [0.717, 1.165) is 44.4 Å². The maximum Gasteiger partial charge on any atom is 0.162 e. The summed E-state index contributed by atoms with van der Waals surface area (Å²) in [6.07, 6.45) is 10.5. The summed E-state index contributed by atoms with van der Waals surface area (Å²) in [6.45, 7) is 0. The van der Waals surface area contributed by atoms with E-state index in [1.165, 1.54) is 19.3 Å². The Morgan fingerprint density at radius 2 is 1.44 bits per heavy atom. The van der Waals surface area contributed by atoms with Crippen LogP contribution in [0.1, 0.15) is 70.6 Å². The number of hydrogen-bond donors (Lipinski definition) is 2. The Morgan fingerprint density at radius 3 is 2.00 bits per heavy atom. The van der Waals surface area contributed by atoms with Crippen molar-refractivity contribution in [2.45, 2.75) is 76.4 Å². The maximum absolute atomic E-state index is 11.1. The molecule has 0 heterocycles. The summed E-state index contributed by atoms with van der Waals surface area (Å²) in [5, 5.41) is 18.9. The molecule has 18 heavy (non-hydrogen) atoms. The third kappa shape index (κ3) is 4.36. The zero-order valence-electron chi connectivity index (χ0n) is 11.2.